The first-order chi connectivity index (χ1) is 5.40. The molecule has 0 saturated carbocycles. The largest absolute Gasteiger partial charge is 0.373 e. The molecule has 1 aliphatic heterocycles. The molecule has 2 aliphatic rings. The van der Waals surface area contributed by atoms with Crippen LogP contribution in [0.5, 0.6) is 0 Å². The van der Waals surface area contributed by atoms with Gasteiger partial charge < -0.3 is 4.74 Å². The van der Waals surface area contributed by atoms with Crippen molar-refractivity contribution >= 4 is 0 Å². The summed E-state index contributed by atoms with van der Waals surface area (Å²) in [4.78, 5) is 0. The fourth-order valence-corrected chi connectivity index (χ4v) is 1.75. The van der Waals surface area contributed by atoms with Gasteiger partial charge in [-0.1, -0.05) is 30.7 Å². The van der Waals surface area contributed by atoms with Crippen LogP contribution in [0.2, 0.25) is 0 Å². The molecule has 0 N–H and O–H groups in total. The summed E-state index contributed by atoms with van der Waals surface area (Å²) in [6.45, 7) is 3.12. The lowest BCUT2D eigenvalue weighted by molar-refractivity contribution is 0.134. The molecule has 60 valence electrons. The van der Waals surface area contributed by atoms with E-state index < -0.39 is 0 Å². The van der Waals surface area contributed by atoms with Crippen LogP contribution in [0.4, 0.5) is 0 Å². The van der Waals surface area contributed by atoms with Crippen molar-refractivity contribution in [1.29, 1.82) is 0 Å². The van der Waals surface area contributed by atoms with Crippen molar-refractivity contribution < 1.29 is 4.74 Å². The standard InChI is InChI=1S/C10H14O/c1-2-8-3-4-9-5-6-11-10(9)7-8/h3-4,7,9-10H,2,5-6H2,1H3. The van der Waals surface area contributed by atoms with Crippen molar-refractivity contribution in [3.63, 3.8) is 0 Å². The van der Waals surface area contributed by atoms with Crippen LogP contribution in [0.25, 0.3) is 0 Å². The zero-order valence-electron chi connectivity index (χ0n) is 6.92. The topological polar surface area (TPSA) is 9.23 Å². The molecule has 1 aliphatic carbocycles. The van der Waals surface area contributed by atoms with Gasteiger partial charge >= 0.3 is 0 Å². The van der Waals surface area contributed by atoms with Gasteiger partial charge in [0.2, 0.25) is 0 Å². The van der Waals surface area contributed by atoms with Crippen molar-refractivity contribution in [3.05, 3.63) is 23.8 Å². The van der Waals surface area contributed by atoms with Crippen LogP contribution in [0.15, 0.2) is 23.8 Å². The molecule has 0 radical (unpaired) electrons. The molecule has 1 heterocycles. The Bertz CT molecular complexity index is 203. The van der Waals surface area contributed by atoms with Crippen molar-refractivity contribution in [2.45, 2.75) is 25.9 Å². The van der Waals surface area contributed by atoms with E-state index in [4.69, 9.17) is 4.74 Å². The molecule has 11 heavy (non-hydrogen) atoms. The van der Waals surface area contributed by atoms with E-state index in [1.807, 2.05) is 0 Å². The van der Waals surface area contributed by atoms with E-state index in [9.17, 15) is 0 Å². The Morgan fingerprint density at radius 2 is 2.55 bits per heavy atom. The molecule has 0 aromatic rings. The van der Waals surface area contributed by atoms with Gasteiger partial charge in [-0.15, -0.1) is 0 Å². The van der Waals surface area contributed by atoms with Gasteiger partial charge in [0.05, 0.1) is 6.10 Å². The number of rotatable bonds is 1. The first kappa shape index (κ1) is 7.11. The highest BCUT2D eigenvalue weighted by atomic mass is 16.5. The Kier molecular flexibility index (Phi) is 1.82. The van der Waals surface area contributed by atoms with Crippen LogP contribution >= 0.6 is 0 Å². The van der Waals surface area contributed by atoms with Gasteiger partial charge in [0.25, 0.3) is 0 Å². The SMILES string of the molecule is CCC1=CC2OCCC2C=C1. The summed E-state index contributed by atoms with van der Waals surface area (Å²) >= 11 is 0. The lowest BCUT2D eigenvalue weighted by Crippen LogP contribution is -2.14. The second-order valence-electron chi connectivity index (χ2n) is 3.24. The van der Waals surface area contributed by atoms with Gasteiger partial charge in [0, 0.05) is 12.5 Å². The highest BCUT2D eigenvalue weighted by Gasteiger charge is 2.26. The maximum atomic E-state index is 5.56. The Hall–Kier alpha value is -0.560. The average Bonchev–Trinajstić information content (AvgIpc) is 2.50. The zero-order chi connectivity index (χ0) is 7.68. The minimum absolute atomic E-state index is 0.398. The van der Waals surface area contributed by atoms with E-state index in [1.54, 1.807) is 0 Å². The normalized spacial score (nSPS) is 35.2. The second-order valence-corrected chi connectivity index (χ2v) is 3.24. The second kappa shape index (κ2) is 2.82. The summed E-state index contributed by atoms with van der Waals surface area (Å²) in [7, 11) is 0. The lowest BCUT2D eigenvalue weighted by atomic mass is 9.93. The molecule has 0 aromatic heterocycles. The Labute approximate surface area is 67.7 Å². The minimum atomic E-state index is 0.398. The van der Waals surface area contributed by atoms with Gasteiger partial charge in [0.1, 0.15) is 0 Å². The molecule has 0 spiro atoms. The third kappa shape index (κ3) is 1.25. The molecule has 2 unspecified atom stereocenters. The summed E-state index contributed by atoms with van der Waals surface area (Å²) in [5.41, 5.74) is 1.42. The molecule has 1 heteroatoms. The smallest absolute Gasteiger partial charge is 0.0824 e. The molecular formula is C10H14O. The highest BCUT2D eigenvalue weighted by molar-refractivity contribution is 5.27. The predicted octanol–water partition coefficient (Wildman–Crippen LogP) is 2.30. The van der Waals surface area contributed by atoms with Crippen LogP contribution < -0.4 is 0 Å². The summed E-state index contributed by atoms with van der Waals surface area (Å²) in [5.74, 6) is 0.672. The lowest BCUT2D eigenvalue weighted by Gasteiger charge is -2.16. The van der Waals surface area contributed by atoms with Gasteiger partial charge in [-0.05, 0) is 12.8 Å². The predicted molar refractivity (Wildman–Crippen MR) is 45.4 cm³/mol. The van der Waals surface area contributed by atoms with Gasteiger partial charge in [-0.3, -0.25) is 0 Å². The number of hydrogen-bond donors (Lipinski definition) is 0. The third-order valence-electron chi connectivity index (χ3n) is 2.53. The molecule has 1 fully saturated rings. The van der Waals surface area contributed by atoms with Crippen LogP contribution in [-0.4, -0.2) is 12.7 Å². The fraction of sp³-hybridized carbons (Fsp3) is 0.600. The van der Waals surface area contributed by atoms with Crippen LogP contribution in [0.3, 0.4) is 0 Å². The molecular weight excluding hydrogens is 136 g/mol. The average molecular weight is 150 g/mol. The monoisotopic (exact) mass is 150 g/mol. The number of allylic oxidation sites excluding steroid dienone is 2. The van der Waals surface area contributed by atoms with E-state index in [0.717, 1.165) is 13.0 Å². The molecule has 2 atom stereocenters. The van der Waals surface area contributed by atoms with Crippen molar-refractivity contribution in [3.8, 4) is 0 Å². The maximum absolute atomic E-state index is 5.56. The molecule has 1 saturated heterocycles. The molecule has 0 amide bonds. The van der Waals surface area contributed by atoms with Crippen molar-refractivity contribution in [2.75, 3.05) is 6.61 Å². The quantitative estimate of drug-likeness (QED) is 0.557. The van der Waals surface area contributed by atoms with E-state index in [2.05, 4.69) is 25.2 Å². The van der Waals surface area contributed by atoms with Crippen LogP contribution in [-0.2, 0) is 4.74 Å². The van der Waals surface area contributed by atoms with Crippen LogP contribution in [0, 0.1) is 5.92 Å². The zero-order valence-corrected chi connectivity index (χ0v) is 6.92. The van der Waals surface area contributed by atoms with Crippen LogP contribution in [0.1, 0.15) is 19.8 Å². The first-order valence-electron chi connectivity index (χ1n) is 4.40. The Morgan fingerprint density at radius 3 is 3.36 bits per heavy atom. The van der Waals surface area contributed by atoms with Gasteiger partial charge in [0.15, 0.2) is 0 Å². The maximum Gasteiger partial charge on any atom is 0.0824 e. The molecule has 0 bridgehead atoms. The Balaban J connectivity index is 2.14. The van der Waals surface area contributed by atoms with Gasteiger partial charge in [-0.25, -0.2) is 0 Å². The van der Waals surface area contributed by atoms with E-state index in [-0.39, 0.29) is 0 Å². The number of hydrogen-bond acceptors (Lipinski definition) is 1. The summed E-state index contributed by atoms with van der Waals surface area (Å²) < 4.78 is 5.56. The molecule has 2 rings (SSSR count). The van der Waals surface area contributed by atoms with Crippen molar-refractivity contribution in [1.82, 2.24) is 0 Å². The van der Waals surface area contributed by atoms with E-state index in [1.165, 1.54) is 12.0 Å². The van der Waals surface area contributed by atoms with Gasteiger partial charge in [-0.2, -0.15) is 0 Å². The van der Waals surface area contributed by atoms with E-state index in [0.29, 0.717) is 12.0 Å². The summed E-state index contributed by atoms with van der Waals surface area (Å²) in [5, 5.41) is 0. The van der Waals surface area contributed by atoms with Crippen molar-refractivity contribution in [2.24, 2.45) is 5.92 Å². The molecule has 0 aromatic carbocycles. The third-order valence-corrected chi connectivity index (χ3v) is 2.53. The summed E-state index contributed by atoms with van der Waals surface area (Å²) in [6, 6.07) is 0. The summed E-state index contributed by atoms with van der Waals surface area (Å²) in [6.07, 6.45) is 9.55. The Morgan fingerprint density at radius 1 is 1.64 bits per heavy atom. The highest BCUT2D eigenvalue weighted by Crippen LogP contribution is 2.28. The first-order valence-corrected chi connectivity index (χ1v) is 4.40. The fourth-order valence-electron chi connectivity index (χ4n) is 1.75. The number of fused-ring (bicyclic) bond motifs is 1. The molecule has 1 nitrogen and oxygen atoms in total. The minimum Gasteiger partial charge on any atom is -0.373 e. The van der Waals surface area contributed by atoms with E-state index >= 15 is 0 Å². The number of ether oxygens (including phenoxy) is 1.